The van der Waals surface area contributed by atoms with Crippen LogP contribution in [0.3, 0.4) is 0 Å². The minimum atomic E-state index is -4.82. The molecule has 2 aromatic rings. The van der Waals surface area contributed by atoms with E-state index in [0.29, 0.717) is 30.9 Å². The van der Waals surface area contributed by atoms with Crippen molar-refractivity contribution in [3.8, 4) is 5.75 Å². The largest absolute Gasteiger partial charge is 0.573 e. The lowest BCUT2D eigenvalue weighted by Crippen LogP contribution is -2.49. The highest BCUT2D eigenvalue weighted by Gasteiger charge is 2.39. The number of halogens is 5. The molecule has 1 fully saturated rings. The Morgan fingerprint density at radius 1 is 1.26 bits per heavy atom. The van der Waals surface area contributed by atoms with E-state index in [1.807, 2.05) is 6.92 Å². The van der Waals surface area contributed by atoms with Gasteiger partial charge in [-0.25, -0.2) is 18.7 Å². The first-order valence-electron chi connectivity index (χ1n) is 9.82. The van der Waals surface area contributed by atoms with Crippen molar-refractivity contribution in [2.45, 2.75) is 51.1 Å². The van der Waals surface area contributed by atoms with Crippen molar-refractivity contribution in [1.29, 1.82) is 0 Å². The number of piperidine rings is 1. The molecule has 3 N–H and O–H groups in total. The summed E-state index contributed by atoms with van der Waals surface area (Å²) in [7, 11) is 0. The molecule has 0 saturated carbocycles. The van der Waals surface area contributed by atoms with Crippen LogP contribution < -0.4 is 15.8 Å². The van der Waals surface area contributed by atoms with Gasteiger partial charge in [-0.05, 0) is 44.0 Å². The van der Waals surface area contributed by atoms with E-state index in [1.54, 1.807) is 17.0 Å². The van der Waals surface area contributed by atoms with Gasteiger partial charge in [-0.2, -0.15) is 0 Å². The van der Waals surface area contributed by atoms with Crippen molar-refractivity contribution in [2.24, 2.45) is 5.73 Å². The Morgan fingerprint density at radius 2 is 2.03 bits per heavy atom. The summed E-state index contributed by atoms with van der Waals surface area (Å²) in [5.41, 5.74) is 7.05. The first-order valence-corrected chi connectivity index (χ1v) is 9.82. The molecule has 2 aromatic heterocycles. The number of ether oxygens (including phenoxy) is 1. The summed E-state index contributed by atoms with van der Waals surface area (Å²) in [4.78, 5) is 10.1. The van der Waals surface area contributed by atoms with E-state index in [9.17, 15) is 22.0 Å². The Labute approximate surface area is 176 Å². The lowest BCUT2D eigenvalue weighted by molar-refractivity contribution is -0.274. The summed E-state index contributed by atoms with van der Waals surface area (Å²) in [6.07, 6.45) is -2.83. The zero-order chi connectivity index (χ0) is 22.6. The molecule has 0 bridgehead atoms. The number of aryl methyl sites for hydroxylation is 1. The van der Waals surface area contributed by atoms with Crippen LogP contribution in [0.1, 0.15) is 30.5 Å². The van der Waals surface area contributed by atoms with Gasteiger partial charge in [-0.1, -0.05) is 6.07 Å². The molecule has 31 heavy (non-hydrogen) atoms. The molecule has 3 heterocycles. The van der Waals surface area contributed by atoms with Crippen LogP contribution in [0.2, 0.25) is 0 Å². The minimum absolute atomic E-state index is 0.0553. The van der Waals surface area contributed by atoms with Crippen molar-refractivity contribution in [1.82, 2.24) is 14.9 Å². The van der Waals surface area contributed by atoms with Gasteiger partial charge < -0.3 is 15.8 Å². The minimum Gasteiger partial charge on any atom is -0.406 e. The SMILES string of the molecule is Cc1ccc(Nc2cc(OC(F)(F)F)ccn2)nc1CN1CC(F)(F)CC[C@@H]1CCN. The molecule has 3 rings (SSSR count). The van der Waals surface area contributed by atoms with Gasteiger partial charge in [0.1, 0.15) is 17.4 Å². The maximum atomic E-state index is 14.0. The maximum Gasteiger partial charge on any atom is 0.573 e. The molecular weight excluding hydrogens is 421 g/mol. The van der Waals surface area contributed by atoms with Crippen molar-refractivity contribution >= 4 is 11.6 Å². The number of nitrogens with two attached hydrogens (primary N) is 1. The lowest BCUT2D eigenvalue weighted by atomic mass is 9.96. The molecule has 0 amide bonds. The highest BCUT2D eigenvalue weighted by Crippen LogP contribution is 2.33. The van der Waals surface area contributed by atoms with Crippen LogP contribution in [0.4, 0.5) is 33.6 Å². The second-order valence-electron chi connectivity index (χ2n) is 7.54. The van der Waals surface area contributed by atoms with E-state index in [4.69, 9.17) is 5.73 Å². The Kier molecular flexibility index (Phi) is 6.95. The van der Waals surface area contributed by atoms with Crippen LogP contribution in [0.15, 0.2) is 30.5 Å². The molecule has 0 aliphatic carbocycles. The number of nitrogens with one attached hydrogen (secondary N) is 1. The lowest BCUT2D eigenvalue weighted by Gasteiger charge is -2.39. The third-order valence-corrected chi connectivity index (χ3v) is 5.07. The summed E-state index contributed by atoms with van der Waals surface area (Å²) in [6, 6.07) is 5.53. The Hall–Kier alpha value is -2.53. The first kappa shape index (κ1) is 23.1. The fourth-order valence-electron chi connectivity index (χ4n) is 3.57. The Bertz CT molecular complexity index is 893. The summed E-state index contributed by atoms with van der Waals surface area (Å²) in [5.74, 6) is -2.75. The highest BCUT2D eigenvalue weighted by atomic mass is 19.4. The van der Waals surface area contributed by atoms with E-state index < -0.39 is 18.0 Å². The molecule has 6 nitrogen and oxygen atoms in total. The van der Waals surface area contributed by atoms with E-state index in [0.717, 1.165) is 17.7 Å². The van der Waals surface area contributed by atoms with Gasteiger partial charge in [0.05, 0.1) is 12.2 Å². The van der Waals surface area contributed by atoms with Crippen LogP contribution in [0.5, 0.6) is 5.75 Å². The van der Waals surface area contributed by atoms with E-state index in [2.05, 4.69) is 20.0 Å². The Morgan fingerprint density at radius 3 is 2.74 bits per heavy atom. The van der Waals surface area contributed by atoms with Gasteiger partial charge in [0.15, 0.2) is 0 Å². The van der Waals surface area contributed by atoms with Crippen LogP contribution in [0, 0.1) is 6.92 Å². The standard InChI is InChI=1S/C20H24F5N5O/c1-13-2-3-17(29-18-10-15(6-9-27-18)31-20(23,24)25)28-16(13)11-30-12-19(21,22)7-4-14(30)5-8-26/h2-3,6,9-10,14H,4-5,7-8,11-12,26H2,1H3,(H,27,28,29)/t14-/m1/s1. The van der Waals surface area contributed by atoms with Gasteiger partial charge in [0.2, 0.25) is 0 Å². The normalized spacial score (nSPS) is 19.3. The van der Waals surface area contributed by atoms with Crippen molar-refractivity contribution in [3.05, 3.63) is 41.7 Å². The third-order valence-electron chi connectivity index (χ3n) is 5.07. The number of nitrogens with zero attached hydrogens (tertiary/aromatic N) is 3. The monoisotopic (exact) mass is 445 g/mol. The topological polar surface area (TPSA) is 76.3 Å². The number of hydrogen-bond acceptors (Lipinski definition) is 6. The summed E-state index contributed by atoms with van der Waals surface area (Å²) < 4.78 is 69.1. The maximum absolute atomic E-state index is 14.0. The highest BCUT2D eigenvalue weighted by molar-refractivity contribution is 5.54. The number of anilines is 2. The van der Waals surface area contributed by atoms with Crippen LogP contribution in [-0.2, 0) is 6.54 Å². The molecule has 1 aliphatic heterocycles. The molecule has 11 heteroatoms. The third kappa shape index (κ3) is 6.73. The summed E-state index contributed by atoms with van der Waals surface area (Å²) >= 11 is 0. The molecule has 0 radical (unpaired) electrons. The smallest absolute Gasteiger partial charge is 0.406 e. The Balaban J connectivity index is 1.76. The fraction of sp³-hybridized carbons (Fsp3) is 0.500. The molecule has 0 aromatic carbocycles. The molecular formula is C20H24F5N5O. The number of pyridine rings is 2. The van der Waals surface area contributed by atoms with Gasteiger partial charge in [-0.3, -0.25) is 4.90 Å². The average molecular weight is 445 g/mol. The zero-order valence-corrected chi connectivity index (χ0v) is 16.9. The van der Waals surface area contributed by atoms with Crippen molar-refractivity contribution < 1.29 is 26.7 Å². The number of rotatable bonds is 7. The van der Waals surface area contributed by atoms with Crippen LogP contribution in [0.25, 0.3) is 0 Å². The van der Waals surface area contributed by atoms with Crippen LogP contribution in [-0.4, -0.2) is 46.3 Å². The predicted molar refractivity (Wildman–Crippen MR) is 105 cm³/mol. The summed E-state index contributed by atoms with van der Waals surface area (Å²) in [5, 5.41) is 2.83. The number of hydrogen-bond donors (Lipinski definition) is 2. The molecule has 0 spiro atoms. The predicted octanol–water partition coefficient (Wildman–Crippen LogP) is 4.38. The zero-order valence-electron chi connectivity index (χ0n) is 16.9. The van der Waals surface area contributed by atoms with Crippen molar-refractivity contribution in [2.75, 3.05) is 18.4 Å². The molecule has 0 unspecified atom stereocenters. The van der Waals surface area contributed by atoms with Crippen molar-refractivity contribution in [3.63, 3.8) is 0 Å². The number of aromatic nitrogens is 2. The molecule has 1 saturated heterocycles. The number of likely N-dealkylation sites (tertiary alicyclic amines) is 1. The first-order chi connectivity index (χ1) is 14.5. The van der Waals surface area contributed by atoms with Gasteiger partial charge in [0, 0.05) is 31.3 Å². The van der Waals surface area contributed by atoms with E-state index in [1.165, 1.54) is 6.20 Å². The fourth-order valence-corrected chi connectivity index (χ4v) is 3.57. The van der Waals surface area contributed by atoms with Gasteiger partial charge in [0.25, 0.3) is 5.92 Å². The molecule has 1 aliphatic rings. The second kappa shape index (κ2) is 9.31. The van der Waals surface area contributed by atoms with E-state index >= 15 is 0 Å². The molecule has 1 atom stereocenters. The quantitative estimate of drug-likeness (QED) is 0.617. The van der Waals surface area contributed by atoms with Crippen LogP contribution >= 0.6 is 0 Å². The molecule has 170 valence electrons. The van der Waals surface area contributed by atoms with Gasteiger partial charge >= 0.3 is 6.36 Å². The summed E-state index contributed by atoms with van der Waals surface area (Å²) in [6.45, 7) is 2.08. The van der Waals surface area contributed by atoms with E-state index in [-0.39, 0.29) is 31.4 Å². The number of alkyl halides is 5. The average Bonchev–Trinajstić information content (AvgIpc) is 2.65. The van der Waals surface area contributed by atoms with Gasteiger partial charge in [-0.15, -0.1) is 13.2 Å². The second-order valence-corrected chi connectivity index (χ2v) is 7.54.